The summed E-state index contributed by atoms with van der Waals surface area (Å²) in [5.41, 5.74) is 1.02. The van der Waals surface area contributed by atoms with Gasteiger partial charge in [-0.05, 0) is 24.8 Å². The lowest BCUT2D eigenvalue weighted by Crippen LogP contribution is -2.39. The van der Waals surface area contributed by atoms with E-state index in [9.17, 15) is 0 Å². The van der Waals surface area contributed by atoms with Gasteiger partial charge in [-0.1, -0.05) is 0 Å². The predicted octanol–water partition coefficient (Wildman–Crippen LogP) is 0.860. The van der Waals surface area contributed by atoms with Gasteiger partial charge < -0.3 is 14.8 Å². The molecule has 0 aromatic carbocycles. The first-order valence-corrected chi connectivity index (χ1v) is 7.79. The molecule has 7 heteroatoms. The van der Waals surface area contributed by atoms with E-state index in [0.717, 1.165) is 67.9 Å². The molecule has 1 aromatic heterocycles. The second kappa shape index (κ2) is 6.71. The van der Waals surface area contributed by atoms with Gasteiger partial charge in [0.1, 0.15) is 6.61 Å². The van der Waals surface area contributed by atoms with Gasteiger partial charge in [0.05, 0.1) is 12.3 Å². The van der Waals surface area contributed by atoms with Crippen LogP contribution >= 0.6 is 11.9 Å². The standard InChI is InChI=1S/C13H20N4O2S/c1-18-9-11-15-10-3-2-8-19-12(10)13(16-11)20-17-6-4-14-5-7-17/h14H,2-9H2,1H3. The summed E-state index contributed by atoms with van der Waals surface area (Å²) >= 11 is 1.68. The number of nitrogens with zero attached hydrogens (tertiary/aromatic N) is 3. The van der Waals surface area contributed by atoms with E-state index >= 15 is 0 Å². The van der Waals surface area contributed by atoms with Crippen molar-refractivity contribution in [3.05, 3.63) is 11.5 Å². The maximum absolute atomic E-state index is 5.80. The van der Waals surface area contributed by atoms with Crippen molar-refractivity contribution in [2.24, 2.45) is 0 Å². The molecule has 0 aliphatic carbocycles. The summed E-state index contributed by atoms with van der Waals surface area (Å²) in [5.74, 6) is 1.62. The number of piperazine rings is 1. The van der Waals surface area contributed by atoms with Gasteiger partial charge in [0.25, 0.3) is 0 Å². The number of hydrogen-bond acceptors (Lipinski definition) is 7. The topological polar surface area (TPSA) is 59.5 Å². The van der Waals surface area contributed by atoms with Gasteiger partial charge in [0, 0.05) is 33.3 Å². The Morgan fingerprint density at radius 2 is 2.20 bits per heavy atom. The van der Waals surface area contributed by atoms with Crippen LogP contribution in [-0.4, -0.2) is 54.2 Å². The van der Waals surface area contributed by atoms with Crippen molar-refractivity contribution in [2.45, 2.75) is 24.5 Å². The average molecular weight is 296 g/mol. The van der Waals surface area contributed by atoms with Gasteiger partial charge in [0.15, 0.2) is 16.6 Å². The zero-order valence-corrected chi connectivity index (χ0v) is 12.5. The minimum atomic E-state index is 0.447. The monoisotopic (exact) mass is 296 g/mol. The van der Waals surface area contributed by atoms with E-state index in [1.807, 2.05) is 0 Å². The molecule has 2 aliphatic heterocycles. The SMILES string of the molecule is COCc1nc2c(c(SN3CCNCC3)n1)OCCC2. The quantitative estimate of drug-likeness (QED) is 0.653. The highest BCUT2D eigenvalue weighted by molar-refractivity contribution is 7.97. The number of rotatable bonds is 4. The number of aryl methyl sites for hydroxylation is 1. The molecule has 0 saturated carbocycles. The van der Waals surface area contributed by atoms with E-state index in [2.05, 4.69) is 19.6 Å². The third kappa shape index (κ3) is 3.22. The lowest BCUT2D eigenvalue weighted by molar-refractivity contribution is 0.175. The first-order valence-electron chi connectivity index (χ1n) is 7.02. The third-order valence-corrected chi connectivity index (χ3v) is 4.39. The molecule has 3 heterocycles. The Bertz CT molecular complexity index is 466. The molecule has 1 fully saturated rings. The van der Waals surface area contributed by atoms with Crippen LogP contribution in [-0.2, 0) is 17.8 Å². The maximum atomic E-state index is 5.80. The molecule has 6 nitrogen and oxygen atoms in total. The number of ether oxygens (including phenoxy) is 2. The molecule has 0 bridgehead atoms. The Morgan fingerprint density at radius 3 is 3.00 bits per heavy atom. The second-order valence-corrected chi connectivity index (χ2v) is 5.96. The average Bonchev–Trinajstić information content (AvgIpc) is 2.49. The van der Waals surface area contributed by atoms with Gasteiger partial charge in [-0.2, -0.15) is 0 Å². The Morgan fingerprint density at radius 1 is 1.35 bits per heavy atom. The van der Waals surface area contributed by atoms with E-state index < -0.39 is 0 Å². The number of hydrogen-bond donors (Lipinski definition) is 1. The van der Waals surface area contributed by atoms with Gasteiger partial charge in [-0.3, -0.25) is 0 Å². The molecule has 0 radical (unpaired) electrons. The van der Waals surface area contributed by atoms with Crippen LogP contribution in [0.4, 0.5) is 0 Å². The molecule has 0 spiro atoms. The summed E-state index contributed by atoms with van der Waals surface area (Å²) < 4.78 is 13.3. The van der Waals surface area contributed by atoms with E-state index in [1.54, 1.807) is 19.1 Å². The van der Waals surface area contributed by atoms with Crippen molar-refractivity contribution >= 4 is 11.9 Å². The summed E-state index contributed by atoms with van der Waals surface area (Å²) in [4.78, 5) is 9.16. The van der Waals surface area contributed by atoms with Crippen molar-refractivity contribution in [1.29, 1.82) is 0 Å². The van der Waals surface area contributed by atoms with Gasteiger partial charge in [0.2, 0.25) is 0 Å². The van der Waals surface area contributed by atoms with Crippen LogP contribution in [0.1, 0.15) is 17.9 Å². The van der Waals surface area contributed by atoms with Crippen molar-refractivity contribution in [3.8, 4) is 5.75 Å². The molecule has 0 atom stereocenters. The van der Waals surface area contributed by atoms with Crippen LogP contribution in [0.3, 0.4) is 0 Å². The zero-order valence-electron chi connectivity index (χ0n) is 11.7. The molecule has 1 saturated heterocycles. The molecule has 20 heavy (non-hydrogen) atoms. The lowest BCUT2D eigenvalue weighted by atomic mass is 10.2. The Kier molecular flexibility index (Phi) is 4.72. The van der Waals surface area contributed by atoms with E-state index in [-0.39, 0.29) is 0 Å². The van der Waals surface area contributed by atoms with Crippen LogP contribution in [0, 0.1) is 0 Å². The van der Waals surface area contributed by atoms with Crippen molar-refractivity contribution in [1.82, 2.24) is 19.6 Å². The molecule has 2 aliphatic rings. The number of nitrogens with one attached hydrogen (secondary N) is 1. The van der Waals surface area contributed by atoms with Crippen LogP contribution in [0.2, 0.25) is 0 Å². The highest BCUT2D eigenvalue weighted by Crippen LogP contribution is 2.35. The fraction of sp³-hybridized carbons (Fsp3) is 0.692. The zero-order chi connectivity index (χ0) is 13.8. The lowest BCUT2D eigenvalue weighted by Gasteiger charge is -2.27. The summed E-state index contributed by atoms with van der Waals surface area (Å²) in [6, 6.07) is 0. The minimum Gasteiger partial charge on any atom is -0.489 e. The first kappa shape index (κ1) is 14.1. The highest BCUT2D eigenvalue weighted by atomic mass is 32.2. The van der Waals surface area contributed by atoms with Gasteiger partial charge in [-0.15, -0.1) is 0 Å². The Hall–Kier alpha value is -0.890. The summed E-state index contributed by atoms with van der Waals surface area (Å²) in [7, 11) is 1.67. The van der Waals surface area contributed by atoms with Crippen LogP contribution in [0.25, 0.3) is 0 Å². The molecule has 110 valence electrons. The number of aromatic nitrogens is 2. The molecular formula is C13H20N4O2S. The molecule has 0 unspecified atom stereocenters. The molecular weight excluding hydrogens is 276 g/mol. The van der Waals surface area contributed by atoms with Gasteiger partial charge in [-0.25, -0.2) is 14.3 Å². The fourth-order valence-electron chi connectivity index (χ4n) is 2.36. The van der Waals surface area contributed by atoms with Crippen molar-refractivity contribution in [3.63, 3.8) is 0 Å². The highest BCUT2D eigenvalue weighted by Gasteiger charge is 2.22. The van der Waals surface area contributed by atoms with Crippen molar-refractivity contribution in [2.75, 3.05) is 39.9 Å². The Balaban J connectivity index is 1.84. The Labute approximate surface area is 123 Å². The summed E-state index contributed by atoms with van der Waals surface area (Å²) in [6.45, 7) is 5.28. The molecule has 3 rings (SSSR count). The molecule has 0 amide bonds. The molecule has 1 aromatic rings. The van der Waals surface area contributed by atoms with E-state index in [4.69, 9.17) is 9.47 Å². The van der Waals surface area contributed by atoms with E-state index in [0.29, 0.717) is 6.61 Å². The van der Waals surface area contributed by atoms with Crippen LogP contribution in [0.15, 0.2) is 5.03 Å². The van der Waals surface area contributed by atoms with Crippen molar-refractivity contribution < 1.29 is 9.47 Å². The molecule has 1 N–H and O–H groups in total. The first-order chi connectivity index (χ1) is 9.86. The van der Waals surface area contributed by atoms with E-state index in [1.165, 1.54) is 0 Å². The summed E-state index contributed by atoms with van der Waals surface area (Å²) in [5, 5.41) is 4.29. The second-order valence-electron chi connectivity index (χ2n) is 4.88. The predicted molar refractivity (Wildman–Crippen MR) is 76.9 cm³/mol. The maximum Gasteiger partial charge on any atom is 0.174 e. The van der Waals surface area contributed by atoms with Crippen LogP contribution < -0.4 is 10.1 Å². The van der Waals surface area contributed by atoms with Crippen LogP contribution in [0.5, 0.6) is 5.75 Å². The smallest absolute Gasteiger partial charge is 0.174 e. The van der Waals surface area contributed by atoms with Gasteiger partial charge >= 0.3 is 0 Å². The number of fused-ring (bicyclic) bond motifs is 1. The number of methoxy groups -OCH3 is 1. The fourth-order valence-corrected chi connectivity index (χ4v) is 3.38. The third-order valence-electron chi connectivity index (χ3n) is 3.32. The minimum absolute atomic E-state index is 0.447. The summed E-state index contributed by atoms with van der Waals surface area (Å²) in [6.07, 6.45) is 1.98. The largest absolute Gasteiger partial charge is 0.489 e. The normalized spacial score (nSPS) is 19.4.